The van der Waals surface area contributed by atoms with Crippen LogP contribution >= 0.6 is 0 Å². The zero-order chi connectivity index (χ0) is 20.1. The van der Waals surface area contributed by atoms with E-state index in [-0.39, 0.29) is 29.9 Å². The van der Waals surface area contributed by atoms with Crippen molar-refractivity contribution in [2.45, 2.75) is 95.4 Å². The smallest absolute Gasteiger partial charge is 0.324 e. The van der Waals surface area contributed by atoms with Crippen LogP contribution in [-0.4, -0.2) is 56.5 Å². The Hall–Kier alpha value is -0.910. The van der Waals surface area contributed by atoms with E-state index in [0.29, 0.717) is 18.4 Å². The van der Waals surface area contributed by atoms with Gasteiger partial charge in [0.25, 0.3) is 0 Å². The van der Waals surface area contributed by atoms with Gasteiger partial charge in [-0.05, 0) is 62.2 Å². The largest absolute Gasteiger partial charge is 0.480 e. The monoisotopic (exact) mass is 391 g/mol. The summed E-state index contributed by atoms with van der Waals surface area (Å²) in [5.41, 5.74) is -0.758. The molecule has 0 aromatic carbocycles. The van der Waals surface area contributed by atoms with Gasteiger partial charge in [-0.1, -0.05) is 38.8 Å². The van der Waals surface area contributed by atoms with E-state index in [1.54, 1.807) is 6.08 Å². The molecule has 4 fully saturated rings. The van der Waals surface area contributed by atoms with Crippen LogP contribution in [0.2, 0.25) is 0 Å². The standard InChI is InChI=1S/C23H37NO4/c1-22(2)10-4-3-9-20(22)23(21(27)28)11-5-7-15-13-17-16(8-6-12-25)19(26)14-18(17)24(15)23/h6,8,15-20,25-26H,3-5,7,9-14H2,1-2H3,(H,27,28)/t15?,16-,17-,18-,19-,20?,23?/m1/s1. The number of hydrogen-bond donors (Lipinski definition) is 3. The zero-order valence-electron chi connectivity index (χ0n) is 17.4. The second-order valence-electron chi connectivity index (χ2n) is 10.4. The van der Waals surface area contributed by atoms with E-state index in [2.05, 4.69) is 18.7 Å². The lowest BCUT2D eigenvalue weighted by Gasteiger charge is -2.57. The number of aliphatic hydroxyl groups is 2. The molecule has 158 valence electrons. The van der Waals surface area contributed by atoms with Crippen molar-refractivity contribution in [3.63, 3.8) is 0 Å². The summed E-state index contributed by atoms with van der Waals surface area (Å²) in [6.07, 6.45) is 12.1. The van der Waals surface area contributed by atoms with Crippen molar-refractivity contribution in [2.75, 3.05) is 6.61 Å². The third-order valence-corrected chi connectivity index (χ3v) is 8.68. The predicted molar refractivity (Wildman–Crippen MR) is 108 cm³/mol. The van der Waals surface area contributed by atoms with Gasteiger partial charge < -0.3 is 15.3 Å². The molecule has 7 atom stereocenters. The summed E-state index contributed by atoms with van der Waals surface area (Å²) in [6, 6.07) is 0.456. The topological polar surface area (TPSA) is 81.0 Å². The number of carboxylic acids is 1. The molecular weight excluding hydrogens is 354 g/mol. The van der Waals surface area contributed by atoms with Crippen LogP contribution in [0.15, 0.2) is 12.2 Å². The number of carbonyl (C=O) groups is 1. The Kier molecular flexibility index (Phi) is 5.39. The Morgan fingerprint density at radius 1 is 1.14 bits per heavy atom. The van der Waals surface area contributed by atoms with Crippen molar-refractivity contribution in [3.05, 3.63) is 12.2 Å². The molecule has 4 aliphatic rings. The number of aliphatic hydroxyl groups excluding tert-OH is 2. The second-order valence-corrected chi connectivity index (χ2v) is 10.4. The van der Waals surface area contributed by atoms with Crippen molar-refractivity contribution in [2.24, 2.45) is 23.2 Å². The van der Waals surface area contributed by atoms with Crippen LogP contribution in [0.3, 0.4) is 0 Å². The molecule has 2 saturated heterocycles. The first-order valence-electron chi connectivity index (χ1n) is 11.3. The number of rotatable bonds is 4. The first-order chi connectivity index (χ1) is 13.3. The highest BCUT2D eigenvalue weighted by Gasteiger charge is 2.65. The molecule has 5 nitrogen and oxygen atoms in total. The van der Waals surface area contributed by atoms with E-state index in [1.807, 2.05) is 6.08 Å². The summed E-state index contributed by atoms with van der Waals surface area (Å²) >= 11 is 0. The van der Waals surface area contributed by atoms with Gasteiger partial charge in [-0.15, -0.1) is 0 Å². The van der Waals surface area contributed by atoms with Crippen molar-refractivity contribution >= 4 is 5.97 Å². The van der Waals surface area contributed by atoms with Gasteiger partial charge in [-0.25, -0.2) is 0 Å². The number of hydrogen-bond acceptors (Lipinski definition) is 4. The lowest BCUT2D eigenvalue weighted by molar-refractivity contribution is -0.173. The van der Waals surface area contributed by atoms with Crippen LogP contribution in [0, 0.1) is 23.2 Å². The Morgan fingerprint density at radius 3 is 2.61 bits per heavy atom. The molecule has 2 heterocycles. The average Bonchev–Trinajstić information content (AvgIpc) is 3.14. The summed E-state index contributed by atoms with van der Waals surface area (Å²) in [6.45, 7) is 4.53. The molecule has 0 amide bonds. The highest BCUT2D eigenvalue weighted by Crippen LogP contribution is 2.58. The first-order valence-corrected chi connectivity index (χ1v) is 11.3. The number of fused-ring (bicyclic) bond motifs is 3. The van der Waals surface area contributed by atoms with Crippen molar-refractivity contribution in [1.82, 2.24) is 4.90 Å². The molecule has 0 aromatic rings. The third kappa shape index (κ3) is 2.96. The molecule has 3 N–H and O–H groups in total. The Balaban J connectivity index is 1.73. The number of aliphatic carboxylic acids is 1. The summed E-state index contributed by atoms with van der Waals surface area (Å²) in [5.74, 6) is -0.140. The van der Waals surface area contributed by atoms with Crippen LogP contribution in [0.25, 0.3) is 0 Å². The summed E-state index contributed by atoms with van der Waals surface area (Å²) in [5, 5.41) is 30.6. The van der Waals surface area contributed by atoms with Crippen molar-refractivity contribution in [1.29, 1.82) is 0 Å². The molecule has 4 rings (SSSR count). The number of carboxylic acid groups (broad SMARTS) is 1. The second kappa shape index (κ2) is 7.41. The third-order valence-electron chi connectivity index (χ3n) is 8.68. The predicted octanol–water partition coefficient (Wildman–Crippen LogP) is 3.20. The summed E-state index contributed by atoms with van der Waals surface area (Å²) in [4.78, 5) is 15.4. The van der Waals surface area contributed by atoms with Crippen LogP contribution in [0.5, 0.6) is 0 Å². The van der Waals surface area contributed by atoms with Gasteiger partial charge in [0.2, 0.25) is 0 Å². The average molecular weight is 392 g/mol. The SMILES string of the molecule is CC1(C)CCCCC1C1(C(=O)O)CCCC2C[C@@H]3[C@@H](C=CCO)[C@H](O)C[C@H]3N21. The van der Waals surface area contributed by atoms with Gasteiger partial charge in [-0.2, -0.15) is 0 Å². The van der Waals surface area contributed by atoms with E-state index < -0.39 is 17.6 Å². The maximum Gasteiger partial charge on any atom is 0.324 e. The molecular formula is C23H37NO4. The zero-order valence-corrected chi connectivity index (χ0v) is 17.4. The van der Waals surface area contributed by atoms with Crippen LogP contribution in [-0.2, 0) is 4.79 Å². The minimum atomic E-state index is -0.790. The lowest BCUT2D eigenvalue weighted by Crippen LogP contribution is -2.68. The number of nitrogens with zero attached hydrogens (tertiary/aromatic N) is 1. The van der Waals surface area contributed by atoms with Gasteiger partial charge in [0, 0.05) is 18.0 Å². The minimum Gasteiger partial charge on any atom is -0.480 e. The fraction of sp³-hybridized carbons (Fsp3) is 0.870. The van der Waals surface area contributed by atoms with Crippen LogP contribution in [0.4, 0.5) is 0 Å². The maximum absolute atomic E-state index is 13.0. The van der Waals surface area contributed by atoms with E-state index >= 15 is 0 Å². The van der Waals surface area contributed by atoms with Gasteiger partial charge in [0.05, 0.1) is 12.7 Å². The molecule has 5 heteroatoms. The summed E-state index contributed by atoms with van der Waals surface area (Å²) < 4.78 is 0. The van der Waals surface area contributed by atoms with Crippen LogP contribution in [0.1, 0.15) is 71.6 Å². The van der Waals surface area contributed by atoms with E-state index in [1.165, 1.54) is 6.42 Å². The molecule has 2 aliphatic heterocycles. The van der Waals surface area contributed by atoms with Crippen molar-refractivity contribution in [3.8, 4) is 0 Å². The minimum absolute atomic E-state index is 0.0108. The number of piperidine rings is 1. The summed E-state index contributed by atoms with van der Waals surface area (Å²) in [7, 11) is 0. The fourth-order valence-electron chi connectivity index (χ4n) is 7.66. The molecule has 2 saturated carbocycles. The molecule has 0 radical (unpaired) electrons. The normalized spacial score (nSPS) is 45.9. The quantitative estimate of drug-likeness (QED) is 0.641. The van der Waals surface area contributed by atoms with Crippen molar-refractivity contribution < 1.29 is 20.1 Å². The Labute approximate surface area is 168 Å². The molecule has 2 aliphatic carbocycles. The van der Waals surface area contributed by atoms with Gasteiger partial charge >= 0.3 is 5.97 Å². The highest BCUT2D eigenvalue weighted by molar-refractivity contribution is 5.80. The van der Waals surface area contributed by atoms with Gasteiger partial charge in [0.15, 0.2) is 0 Å². The van der Waals surface area contributed by atoms with Crippen LogP contribution < -0.4 is 0 Å². The maximum atomic E-state index is 13.0. The highest BCUT2D eigenvalue weighted by atomic mass is 16.4. The fourth-order valence-corrected chi connectivity index (χ4v) is 7.66. The van der Waals surface area contributed by atoms with Gasteiger partial charge in [-0.3, -0.25) is 9.69 Å². The Morgan fingerprint density at radius 2 is 1.93 bits per heavy atom. The van der Waals surface area contributed by atoms with E-state index in [0.717, 1.165) is 44.9 Å². The molecule has 3 unspecified atom stereocenters. The Bertz CT molecular complexity index is 632. The van der Waals surface area contributed by atoms with E-state index in [9.17, 15) is 20.1 Å². The molecule has 0 spiro atoms. The molecule has 0 bridgehead atoms. The van der Waals surface area contributed by atoms with Gasteiger partial charge in [0.1, 0.15) is 5.54 Å². The molecule has 0 aromatic heterocycles. The lowest BCUT2D eigenvalue weighted by atomic mass is 9.58. The molecule has 28 heavy (non-hydrogen) atoms. The first kappa shape index (κ1) is 20.4. The van der Waals surface area contributed by atoms with E-state index in [4.69, 9.17) is 0 Å².